The van der Waals surface area contributed by atoms with Crippen LogP contribution in [0.25, 0.3) is 0 Å². The molecule has 0 spiro atoms. The zero-order valence-corrected chi connectivity index (χ0v) is 20.9. The molecule has 10 heteroatoms. The summed E-state index contributed by atoms with van der Waals surface area (Å²) in [6.45, 7) is 5.85. The van der Waals surface area contributed by atoms with Crippen molar-refractivity contribution in [1.82, 2.24) is 13.8 Å². The van der Waals surface area contributed by atoms with E-state index >= 15 is 0 Å². The number of rotatable bonds is 7. The van der Waals surface area contributed by atoms with Crippen molar-refractivity contribution in [2.75, 3.05) is 37.6 Å². The SMILES string of the molecule is Cc1cc(C(=O)CN2CCN(S(=O)(=O)c3ccc(N4C(=O)CCC4=O)cc3)CC2)c(C)n1C1CC1. The number of benzene rings is 1. The minimum Gasteiger partial charge on any atom is -0.345 e. The largest absolute Gasteiger partial charge is 0.345 e. The highest BCUT2D eigenvalue weighted by Gasteiger charge is 2.33. The number of ketones is 1. The molecule has 1 aromatic heterocycles. The quantitative estimate of drug-likeness (QED) is 0.429. The summed E-state index contributed by atoms with van der Waals surface area (Å²) < 4.78 is 30.0. The number of anilines is 1. The van der Waals surface area contributed by atoms with Crippen LogP contribution in [0.5, 0.6) is 0 Å². The third-order valence-corrected chi connectivity index (χ3v) is 9.09. The number of aromatic nitrogens is 1. The number of carbonyl (C=O) groups excluding carboxylic acids is 3. The fourth-order valence-electron chi connectivity index (χ4n) is 5.15. The van der Waals surface area contributed by atoms with Crippen LogP contribution in [0.3, 0.4) is 0 Å². The molecule has 2 amide bonds. The Bertz CT molecular complexity index is 1270. The van der Waals surface area contributed by atoms with E-state index < -0.39 is 10.0 Å². The van der Waals surface area contributed by atoms with E-state index in [2.05, 4.69) is 4.57 Å². The fraction of sp³-hybridized carbons (Fsp3) is 0.480. The summed E-state index contributed by atoms with van der Waals surface area (Å²) in [5.74, 6) is -0.473. The molecule has 1 saturated carbocycles. The molecule has 3 heterocycles. The summed E-state index contributed by atoms with van der Waals surface area (Å²) in [5.41, 5.74) is 3.30. The average molecular weight is 499 g/mol. The zero-order valence-electron chi connectivity index (χ0n) is 20.1. The van der Waals surface area contributed by atoms with Gasteiger partial charge in [-0.2, -0.15) is 4.31 Å². The van der Waals surface area contributed by atoms with Crippen LogP contribution < -0.4 is 4.90 Å². The van der Waals surface area contributed by atoms with Crippen LogP contribution in [0, 0.1) is 13.8 Å². The van der Waals surface area contributed by atoms with Gasteiger partial charge in [0.1, 0.15) is 0 Å². The normalized spacial score (nSPS) is 20.1. The van der Waals surface area contributed by atoms with Crippen LogP contribution >= 0.6 is 0 Å². The van der Waals surface area contributed by atoms with E-state index in [1.807, 2.05) is 24.8 Å². The van der Waals surface area contributed by atoms with Crippen molar-refractivity contribution in [3.05, 3.63) is 47.3 Å². The molecule has 3 aliphatic rings. The highest BCUT2D eigenvalue weighted by Crippen LogP contribution is 2.38. The molecule has 1 aliphatic carbocycles. The number of imide groups is 1. The third kappa shape index (κ3) is 4.46. The predicted molar refractivity (Wildman–Crippen MR) is 130 cm³/mol. The van der Waals surface area contributed by atoms with Crippen LogP contribution in [0.1, 0.15) is 53.5 Å². The molecule has 186 valence electrons. The van der Waals surface area contributed by atoms with Crippen molar-refractivity contribution in [1.29, 1.82) is 0 Å². The zero-order chi connectivity index (χ0) is 24.9. The van der Waals surface area contributed by atoms with E-state index in [4.69, 9.17) is 0 Å². The Balaban J connectivity index is 1.20. The molecule has 3 fully saturated rings. The molecule has 2 aromatic rings. The highest BCUT2D eigenvalue weighted by molar-refractivity contribution is 7.89. The van der Waals surface area contributed by atoms with Crippen LogP contribution in [0.15, 0.2) is 35.2 Å². The molecule has 35 heavy (non-hydrogen) atoms. The highest BCUT2D eigenvalue weighted by atomic mass is 32.2. The first-order chi connectivity index (χ1) is 16.7. The second-order valence-corrected chi connectivity index (χ2v) is 11.5. The van der Waals surface area contributed by atoms with Crippen molar-refractivity contribution >= 4 is 33.3 Å². The molecule has 0 unspecified atom stereocenters. The van der Waals surface area contributed by atoms with Gasteiger partial charge < -0.3 is 4.57 Å². The number of amides is 2. The number of piperazine rings is 1. The minimum atomic E-state index is -3.71. The average Bonchev–Trinajstić information content (AvgIpc) is 3.54. The van der Waals surface area contributed by atoms with Crippen molar-refractivity contribution < 1.29 is 22.8 Å². The molecule has 2 saturated heterocycles. The number of hydrogen-bond acceptors (Lipinski definition) is 6. The van der Waals surface area contributed by atoms with Crippen molar-refractivity contribution in [2.45, 2.75) is 50.5 Å². The van der Waals surface area contributed by atoms with Crippen LogP contribution in [0.2, 0.25) is 0 Å². The lowest BCUT2D eigenvalue weighted by Crippen LogP contribution is -2.49. The Morgan fingerprint density at radius 2 is 1.54 bits per heavy atom. The minimum absolute atomic E-state index is 0.0721. The van der Waals surface area contributed by atoms with Gasteiger partial charge in [0.25, 0.3) is 0 Å². The lowest BCUT2D eigenvalue weighted by molar-refractivity contribution is -0.121. The first-order valence-electron chi connectivity index (χ1n) is 12.1. The smallest absolute Gasteiger partial charge is 0.243 e. The van der Waals surface area contributed by atoms with Crippen LogP contribution in [-0.2, 0) is 19.6 Å². The monoisotopic (exact) mass is 498 g/mol. The number of hydrogen-bond donors (Lipinski definition) is 0. The molecule has 0 atom stereocenters. The Labute approximate surface area is 205 Å². The summed E-state index contributed by atoms with van der Waals surface area (Å²) in [7, 11) is -3.71. The van der Waals surface area contributed by atoms with E-state index in [1.165, 1.54) is 28.6 Å². The Morgan fingerprint density at radius 1 is 0.943 bits per heavy atom. The van der Waals surface area contributed by atoms with Gasteiger partial charge in [0.15, 0.2) is 5.78 Å². The first-order valence-corrected chi connectivity index (χ1v) is 13.5. The molecule has 0 bridgehead atoms. The molecule has 5 rings (SSSR count). The maximum Gasteiger partial charge on any atom is 0.243 e. The Morgan fingerprint density at radius 3 is 2.11 bits per heavy atom. The summed E-state index contributed by atoms with van der Waals surface area (Å²) in [6, 6.07) is 8.38. The molecule has 9 nitrogen and oxygen atoms in total. The van der Waals surface area contributed by atoms with Gasteiger partial charge in [0.05, 0.1) is 17.1 Å². The van der Waals surface area contributed by atoms with Crippen molar-refractivity contribution in [3.63, 3.8) is 0 Å². The van der Waals surface area contributed by atoms with Gasteiger partial charge in [-0.3, -0.25) is 24.2 Å². The molecule has 1 aromatic carbocycles. The van der Waals surface area contributed by atoms with Gasteiger partial charge in [0.2, 0.25) is 21.8 Å². The summed E-state index contributed by atoms with van der Waals surface area (Å²) in [5, 5.41) is 0. The van der Waals surface area contributed by atoms with Gasteiger partial charge in [-0.15, -0.1) is 0 Å². The Hall–Kier alpha value is -2.82. The first kappa shape index (κ1) is 23.9. The van der Waals surface area contributed by atoms with Crippen molar-refractivity contribution in [2.24, 2.45) is 0 Å². The van der Waals surface area contributed by atoms with E-state index in [0.717, 1.165) is 34.7 Å². The van der Waals surface area contributed by atoms with Gasteiger partial charge in [-0.05, 0) is 57.0 Å². The van der Waals surface area contributed by atoms with E-state index in [-0.39, 0.29) is 41.9 Å². The lowest BCUT2D eigenvalue weighted by atomic mass is 10.1. The van der Waals surface area contributed by atoms with E-state index in [0.29, 0.717) is 37.9 Å². The topological polar surface area (TPSA) is 100 Å². The fourth-order valence-corrected chi connectivity index (χ4v) is 6.57. The third-order valence-electron chi connectivity index (χ3n) is 7.18. The molecule has 0 N–H and O–H groups in total. The molecular formula is C25H30N4O5S. The van der Waals surface area contributed by atoms with E-state index in [1.54, 1.807) is 0 Å². The molecule has 0 radical (unpaired) electrons. The standard InChI is InChI=1S/C25H30N4O5S/c1-17-15-22(18(2)28(17)19-3-4-19)23(30)16-26-11-13-27(14-12-26)35(33,34)21-7-5-20(6-8-21)29-24(31)9-10-25(29)32/h5-8,15,19H,3-4,9-14,16H2,1-2H3. The second kappa shape index (κ2) is 9.00. The number of nitrogens with zero attached hydrogens (tertiary/aromatic N) is 4. The number of aryl methyl sites for hydroxylation is 1. The summed E-state index contributed by atoms with van der Waals surface area (Å²) >= 11 is 0. The maximum absolute atomic E-state index is 13.1. The van der Waals surface area contributed by atoms with Gasteiger partial charge >= 0.3 is 0 Å². The number of carbonyl (C=O) groups is 3. The Kier molecular flexibility index (Phi) is 6.14. The van der Waals surface area contributed by atoms with Gasteiger partial charge in [-0.1, -0.05) is 0 Å². The number of sulfonamides is 1. The summed E-state index contributed by atoms with van der Waals surface area (Å²) in [4.78, 5) is 40.1. The van der Waals surface area contributed by atoms with Crippen LogP contribution in [0.4, 0.5) is 5.69 Å². The number of Topliss-reactive ketones (excluding diaryl/α,β-unsaturated/α-hetero) is 1. The maximum atomic E-state index is 13.1. The van der Waals surface area contributed by atoms with E-state index in [9.17, 15) is 22.8 Å². The second-order valence-electron chi connectivity index (χ2n) is 9.61. The lowest BCUT2D eigenvalue weighted by Gasteiger charge is -2.33. The molecule has 2 aliphatic heterocycles. The van der Waals surface area contributed by atoms with Crippen LogP contribution in [-0.4, -0.2) is 72.5 Å². The van der Waals surface area contributed by atoms with Gasteiger partial charge in [-0.25, -0.2) is 8.42 Å². The van der Waals surface area contributed by atoms with Crippen molar-refractivity contribution in [3.8, 4) is 0 Å². The molecular weight excluding hydrogens is 468 g/mol. The van der Waals surface area contributed by atoms with Gasteiger partial charge in [0, 0.05) is 62.0 Å². The predicted octanol–water partition coefficient (Wildman–Crippen LogP) is 2.28. The summed E-state index contributed by atoms with van der Waals surface area (Å²) in [6.07, 6.45) is 2.68.